The molecule has 0 bridgehead atoms. The van der Waals surface area contributed by atoms with Crippen LogP contribution in [-0.2, 0) is 14.4 Å². The molecule has 1 saturated heterocycles. The van der Waals surface area contributed by atoms with Gasteiger partial charge in [-0.1, -0.05) is 0 Å². The van der Waals surface area contributed by atoms with Gasteiger partial charge in [-0.2, -0.15) is 0 Å². The van der Waals surface area contributed by atoms with E-state index in [1.807, 2.05) is 0 Å². The average molecular weight is 268 g/mol. The van der Waals surface area contributed by atoms with Crippen LogP contribution in [0.1, 0.15) is 33.6 Å². The number of nitrogens with zero attached hydrogens (tertiary/aromatic N) is 1. The number of likely N-dealkylation sites (tertiary alicyclic amines) is 1. The third-order valence-electron chi connectivity index (χ3n) is 3.27. The lowest BCUT2D eigenvalue weighted by Gasteiger charge is -2.22. The molecule has 0 aromatic carbocycles. The van der Waals surface area contributed by atoms with E-state index >= 15 is 0 Å². The van der Waals surface area contributed by atoms with Gasteiger partial charge in [-0.15, -0.1) is 0 Å². The zero-order chi connectivity index (χ0) is 14.6. The Hall–Kier alpha value is -1.85. The molecular formula is C13H20N2O4. The van der Waals surface area contributed by atoms with Crippen molar-refractivity contribution in [2.45, 2.75) is 39.7 Å². The Bertz CT molecular complexity index is 428. The number of carbonyl (C=O) groups is 3. The molecule has 0 radical (unpaired) electrons. The fourth-order valence-electron chi connectivity index (χ4n) is 1.94. The molecule has 1 heterocycles. The van der Waals surface area contributed by atoms with Gasteiger partial charge in [0.05, 0.1) is 0 Å². The molecule has 19 heavy (non-hydrogen) atoms. The number of hydrogen-bond acceptors (Lipinski definition) is 3. The van der Waals surface area contributed by atoms with Crippen molar-refractivity contribution >= 4 is 17.8 Å². The summed E-state index contributed by atoms with van der Waals surface area (Å²) >= 11 is 0. The third kappa shape index (κ3) is 4.08. The molecule has 1 fully saturated rings. The van der Waals surface area contributed by atoms with Crippen LogP contribution in [0.15, 0.2) is 11.1 Å². The second kappa shape index (κ2) is 6.36. The highest BCUT2D eigenvalue weighted by molar-refractivity contribution is 6.01. The molecule has 0 aliphatic carbocycles. The van der Waals surface area contributed by atoms with Gasteiger partial charge in [0.2, 0.25) is 11.8 Å². The van der Waals surface area contributed by atoms with Crippen LogP contribution in [0.2, 0.25) is 0 Å². The topological polar surface area (TPSA) is 86.7 Å². The number of amides is 2. The Kier molecular flexibility index (Phi) is 5.09. The lowest BCUT2D eigenvalue weighted by Crippen LogP contribution is -2.42. The van der Waals surface area contributed by atoms with E-state index in [0.29, 0.717) is 13.0 Å². The number of carboxylic acids is 1. The van der Waals surface area contributed by atoms with Gasteiger partial charge in [-0.05, 0) is 27.2 Å². The molecule has 6 heteroatoms. The molecule has 1 rings (SSSR count). The third-order valence-corrected chi connectivity index (χ3v) is 3.27. The van der Waals surface area contributed by atoms with Gasteiger partial charge in [0.15, 0.2) is 0 Å². The number of rotatable bonds is 5. The van der Waals surface area contributed by atoms with Crippen molar-refractivity contribution in [3.63, 3.8) is 0 Å². The van der Waals surface area contributed by atoms with Crippen LogP contribution in [0.25, 0.3) is 0 Å². The van der Waals surface area contributed by atoms with Crippen molar-refractivity contribution < 1.29 is 19.5 Å². The maximum atomic E-state index is 11.8. The summed E-state index contributed by atoms with van der Waals surface area (Å²) in [5.74, 6) is -1.40. The number of hydrogen-bond donors (Lipinski definition) is 2. The van der Waals surface area contributed by atoms with Crippen molar-refractivity contribution in [1.29, 1.82) is 0 Å². The van der Waals surface area contributed by atoms with Gasteiger partial charge < -0.3 is 15.3 Å². The Morgan fingerprint density at radius 3 is 2.47 bits per heavy atom. The molecule has 2 N–H and O–H groups in total. The highest BCUT2D eigenvalue weighted by atomic mass is 16.4. The summed E-state index contributed by atoms with van der Waals surface area (Å²) in [5, 5.41) is 11.5. The highest BCUT2D eigenvalue weighted by Gasteiger charge is 2.23. The lowest BCUT2D eigenvalue weighted by molar-refractivity contribution is -0.133. The maximum Gasteiger partial charge on any atom is 0.331 e. The van der Waals surface area contributed by atoms with Gasteiger partial charge >= 0.3 is 5.97 Å². The average Bonchev–Trinajstić information content (AvgIpc) is 2.72. The van der Waals surface area contributed by atoms with Crippen LogP contribution >= 0.6 is 0 Å². The Morgan fingerprint density at radius 1 is 1.37 bits per heavy atom. The Balaban J connectivity index is 2.55. The lowest BCUT2D eigenvalue weighted by atomic mass is 10.1. The SMILES string of the molecule is CC(C(=O)O)=C(C)C(=O)NC(C)CN1CCCC1=O. The molecule has 0 spiro atoms. The molecule has 1 aliphatic rings. The van der Waals surface area contributed by atoms with E-state index in [4.69, 9.17) is 5.11 Å². The predicted molar refractivity (Wildman–Crippen MR) is 69.4 cm³/mol. The van der Waals surface area contributed by atoms with E-state index in [9.17, 15) is 14.4 Å². The van der Waals surface area contributed by atoms with Gasteiger partial charge in [0.25, 0.3) is 0 Å². The zero-order valence-electron chi connectivity index (χ0n) is 11.5. The van der Waals surface area contributed by atoms with E-state index in [1.165, 1.54) is 13.8 Å². The van der Waals surface area contributed by atoms with Crippen molar-refractivity contribution in [2.75, 3.05) is 13.1 Å². The van der Waals surface area contributed by atoms with Crippen LogP contribution < -0.4 is 5.32 Å². The molecule has 1 unspecified atom stereocenters. The van der Waals surface area contributed by atoms with E-state index < -0.39 is 11.9 Å². The zero-order valence-corrected chi connectivity index (χ0v) is 11.5. The van der Waals surface area contributed by atoms with Gasteiger partial charge in [-0.3, -0.25) is 9.59 Å². The van der Waals surface area contributed by atoms with E-state index in [-0.39, 0.29) is 23.1 Å². The minimum absolute atomic E-state index is 0.0296. The summed E-state index contributed by atoms with van der Waals surface area (Å²) in [5.41, 5.74) is 0.217. The summed E-state index contributed by atoms with van der Waals surface area (Å²) in [6, 6.07) is -0.203. The normalized spacial score (nSPS) is 18.1. The summed E-state index contributed by atoms with van der Waals surface area (Å²) in [6.07, 6.45) is 1.42. The number of carbonyl (C=O) groups excluding carboxylic acids is 2. The fraction of sp³-hybridized carbons (Fsp3) is 0.615. The molecule has 0 saturated carbocycles. The first-order valence-electron chi connectivity index (χ1n) is 6.32. The van der Waals surface area contributed by atoms with Crippen LogP contribution in [-0.4, -0.2) is 46.9 Å². The first kappa shape index (κ1) is 15.2. The quantitative estimate of drug-likeness (QED) is 0.712. The Labute approximate surface area is 112 Å². The Morgan fingerprint density at radius 2 is 2.00 bits per heavy atom. The minimum Gasteiger partial charge on any atom is -0.478 e. The largest absolute Gasteiger partial charge is 0.478 e. The van der Waals surface area contributed by atoms with E-state index in [1.54, 1.807) is 11.8 Å². The number of carboxylic acid groups (broad SMARTS) is 1. The second-order valence-electron chi connectivity index (χ2n) is 4.87. The molecule has 2 amide bonds. The predicted octanol–water partition coefficient (Wildman–Crippen LogP) is 0.534. The first-order chi connectivity index (χ1) is 8.82. The van der Waals surface area contributed by atoms with E-state index in [0.717, 1.165) is 13.0 Å². The smallest absolute Gasteiger partial charge is 0.331 e. The molecule has 106 valence electrons. The highest BCUT2D eigenvalue weighted by Crippen LogP contribution is 2.10. The standard InChI is InChI=1S/C13H20N2O4/c1-8(7-15-6-4-5-11(15)16)14-12(17)9(2)10(3)13(18)19/h8H,4-7H2,1-3H3,(H,14,17)(H,18,19). The molecule has 6 nitrogen and oxygen atoms in total. The van der Waals surface area contributed by atoms with Crippen molar-refractivity contribution in [3.05, 3.63) is 11.1 Å². The molecule has 1 atom stereocenters. The monoisotopic (exact) mass is 268 g/mol. The number of nitrogens with one attached hydrogen (secondary N) is 1. The minimum atomic E-state index is -1.10. The molecule has 1 aliphatic heterocycles. The molecule has 0 aromatic heterocycles. The van der Waals surface area contributed by atoms with Crippen molar-refractivity contribution in [1.82, 2.24) is 10.2 Å². The van der Waals surface area contributed by atoms with Crippen molar-refractivity contribution in [2.24, 2.45) is 0 Å². The molecule has 0 aromatic rings. The van der Waals surface area contributed by atoms with Gasteiger partial charge in [0, 0.05) is 36.7 Å². The maximum absolute atomic E-state index is 11.8. The van der Waals surface area contributed by atoms with E-state index in [2.05, 4.69) is 5.32 Å². The second-order valence-corrected chi connectivity index (χ2v) is 4.87. The summed E-state index contributed by atoms with van der Waals surface area (Å²) in [6.45, 7) is 5.86. The molecular weight excluding hydrogens is 248 g/mol. The van der Waals surface area contributed by atoms with Crippen molar-refractivity contribution in [3.8, 4) is 0 Å². The number of aliphatic carboxylic acids is 1. The van der Waals surface area contributed by atoms with Crippen LogP contribution in [0, 0.1) is 0 Å². The van der Waals surface area contributed by atoms with Crippen LogP contribution in [0.5, 0.6) is 0 Å². The van der Waals surface area contributed by atoms with Gasteiger partial charge in [-0.25, -0.2) is 4.79 Å². The first-order valence-corrected chi connectivity index (χ1v) is 6.32. The summed E-state index contributed by atoms with van der Waals surface area (Å²) < 4.78 is 0. The summed E-state index contributed by atoms with van der Waals surface area (Å²) in [7, 11) is 0. The van der Waals surface area contributed by atoms with Crippen LogP contribution in [0.3, 0.4) is 0 Å². The van der Waals surface area contributed by atoms with Crippen LogP contribution in [0.4, 0.5) is 0 Å². The summed E-state index contributed by atoms with van der Waals surface area (Å²) in [4.78, 5) is 35.8. The van der Waals surface area contributed by atoms with Gasteiger partial charge in [0.1, 0.15) is 0 Å². The fourth-order valence-corrected chi connectivity index (χ4v) is 1.94.